The van der Waals surface area contributed by atoms with Crippen LogP contribution in [0, 0.1) is 0 Å². The number of aliphatic hydroxyl groups is 1. The molecule has 20 heavy (non-hydrogen) atoms. The monoisotopic (exact) mass is 280 g/mol. The number of carbonyl (C=O) groups is 1. The topological polar surface area (TPSA) is 89.8 Å². The first kappa shape index (κ1) is 13.3. The fraction of sp³-hybridized carbons (Fsp3) is 0.538. The summed E-state index contributed by atoms with van der Waals surface area (Å²) in [4.78, 5) is 24.0. The van der Waals surface area contributed by atoms with Gasteiger partial charge in [0.2, 0.25) is 0 Å². The van der Waals surface area contributed by atoms with Crippen LogP contribution < -0.4 is 10.9 Å². The number of amides is 1. The number of hydrogen-bond donors (Lipinski definition) is 2. The number of aliphatic hydroxyl groups excluding tert-OH is 1. The number of nitrogens with zero attached hydrogens (tertiary/aromatic N) is 1. The molecule has 0 spiro atoms. The fourth-order valence-corrected chi connectivity index (χ4v) is 2.62. The summed E-state index contributed by atoms with van der Waals surface area (Å²) in [7, 11) is 1.59. The van der Waals surface area contributed by atoms with Crippen molar-refractivity contribution in [3.63, 3.8) is 0 Å². The van der Waals surface area contributed by atoms with Gasteiger partial charge in [0.25, 0.3) is 11.5 Å². The van der Waals surface area contributed by atoms with Crippen LogP contribution in [0.15, 0.2) is 23.1 Å². The van der Waals surface area contributed by atoms with Gasteiger partial charge < -0.3 is 24.5 Å². The van der Waals surface area contributed by atoms with Gasteiger partial charge in [0.15, 0.2) is 0 Å². The van der Waals surface area contributed by atoms with Crippen LogP contribution in [0.1, 0.15) is 10.4 Å². The Balaban J connectivity index is 1.74. The molecule has 0 saturated carbocycles. The van der Waals surface area contributed by atoms with E-state index in [1.807, 2.05) is 0 Å². The maximum absolute atomic E-state index is 12.1. The molecule has 2 saturated heterocycles. The van der Waals surface area contributed by atoms with Crippen molar-refractivity contribution in [2.75, 3.05) is 13.2 Å². The minimum Gasteiger partial charge on any atom is -0.388 e. The lowest BCUT2D eigenvalue weighted by molar-refractivity contribution is 0.0178. The van der Waals surface area contributed by atoms with Gasteiger partial charge in [-0.15, -0.1) is 0 Å². The Labute approximate surface area is 115 Å². The van der Waals surface area contributed by atoms with E-state index < -0.39 is 18.1 Å². The summed E-state index contributed by atoms with van der Waals surface area (Å²) in [6.45, 7) is 0.472. The second kappa shape index (κ2) is 5.01. The molecule has 2 aliphatic heterocycles. The molecule has 0 aliphatic carbocycles. The molecular weight excluding hydrogens is 264 g/mol. The summed E-state index contributed by atoms with van der Waals surface area (Å²) < 4.78 is 12.2. The Bertz CT molecular complexity index is 584. The molecule has 2 fully saturated rings. The first-order valence-electron chi connectivity index (χ1n) is 6.45. The molecule has 4 atom stereocenters. The Hall–Kier alpha value is -1.70. The van der Waals surface area contributed by atoms with E-state index in [4.69, 9.17) is 9.47 Å². The van der Waals surface area contributed by atoms with Crippen LogP contribution in [-0.2, 0) is 16.5 Å². The van der Waals surface area contributed by atoms with Gasteiger partial charge in [-0.2, -0.15) is 0 Å². The largest absolute Gasteiger partial charge is 0.388 e. The minimum atomic E-state index is -0.661. The molecule has 0 aromatic carbocycles. The predicted molar refractivity (Wildman–Crippen MR) is 68.4 cm³/mol. The van der Waals surface area contributed by atoms with Crippen LogP contribution in [0.25, 0.3) is 0 Å². The van der Waals surface area contributed by atoms with Gasteiger partial charge in [-0.1, -0.05) is 0 Å². The van der Waals surface area contributed by atoms with Crippen LogP contribution >= 0.6 is 0 Å². The number of aryl methyl sites for hydroxylation is 1. The normalized spacial score (nSPS) is 32.1. The van der Waals surface area contributed by atoms with E-state index in [1.165, 1.54) is 10.6 Å². The van der Waals surface area contributed by atoms with Gasteiger partial charge in [0.05, 0.1) is 19.3 Å². The SMILES string of the molecule is Cn1cccc(C(=O)N[C@H]2CO[C@H]3[C@@H]2OC[C@H]3O)c1=O. The Morgan fingerprint density at radius 3 is 2.95 bits per heavy atom. The Morgan fingerprint density at radius 2 is 2.15 bits per heavy atom. The number of fused-ring (bicyclic) bond motifs is 1. The summed E-state index contributed by atoms with van der Waals surface area (Å²) >= 11 is 0. The molecule has 3 heterocycles. The van der Waals surface area contributed by atoms with Gasteiger partial charge in [0.1, 0.15) is 23.9 Å². The summed E-state index contributed by atoms with van der Waals surface area (Å²) in [5.41, 5.74) is -0.273. The third-order valence-electron chi connectivity index (χ3n) is 3.71. The first-order chi connectivity index (χ1) is 9.58. The van der Waals surface area contributed by atoms with Crippen LogP contribution in [0.3, 0.4) is 0 Å². The quantitative estimate of drug-likeness (QED) is 0.698. The Morgan fingerprint density at radius 1 is 1.40 bits per heavy atom. The van der Waals surface area contributed by atoms with Crippen molar-refractivity contribution in [2.45, 2.75) is 24.4 Å². The van der Waals surface area contributed by atoms with Crippen molar-refractivity contribution < 1.29 is 19.4 Å². The maximum atomic E-state index is 12.1. The van der Waals surface area contributed by atoms with Crippen LogP contribution in [0.4, 0.5) is 0 Å². The van der Waals surface area contributed by atoms with Crippen molar-refractivity contribution in [1.29, 1.82) is 0 Å². The van der Waals surface area contributed by atoms with Crippen LogP contribution in [0.5, 0.6) is 0 Å². The predicted octanol–water partition coefficient (Wildman–Crippen LogP) is -1.36. The number of rotatable bonds is 2. The third kappa shape index (κ3) is 2.13. The lowest BCUT2D eigenvalue weighted by Gasteiger charge is -2.17. The van der Waals surface area contributed by atoms with Gasteiger partial charge in [-0.05, 0) is 12.1 Å². The third-order valence-corrected chi connectivity index (χ3v) is 3.71. The lowest BCUT2D eigenvalue weighted by Crippen LogP contribution is -2.45. The molecule has 2 N–H and O–H groups in total. The molecule has 7 nitrogen and oxygen atoms in total. The lowest BCUT2D eigenvalue weighted by atomic mass is 10.1. The zero-order valence-corrected chi connectivity index (χ0v) is 11.0. The molecule has 7 heteroatoms. The second-order valence-electron chi connectivity index (χ2n) is 5.08. The number of hydrogen-bond acceptors (Lipinski definition) is 5. The van der Waals surface area contributed by atoms with Crippen molar-refractivity contribution in [3.05, 3.63) is 34.2 Å². The van der Waals surface area contributed by atoms with Crippen molar-refractivity contribution in [2.24, 2.45) is 7.05 Å². The zero-order valence-electron chi connectivity index (χ0n) is 11.0. The highest BCUT2D eigenvalue weighted by Crippen LogP contribution is 2.26. The van der Waals surface area contributed by atoms with Gasteiger partial charge in [-0.3, -0.25) is 9.59 Å². The fourth-order valence-electron chi connectivity index (χ4n) is 2.62. The van der Waals surface area contributed by atoms with E-state index in [0.29, 0.717) is 0 Å². The average Bonchev–Trinajstić information content (AvgIpc) is 2.97. The molecule has 2 aliphatic rings. The summed E-state index contributed by atoms with van der Waals surface area (Å²) in [6, 6.07) is 2.77. The highest BCUT2D eigenvalue weighted by Gasteiger charge is 2.47. The molecule has 108 valence electrons. The summed E-state index contributed by atoms with van der Waals surface area (Å²) in [6.07, 6.45) is 0.163. The van der Waals surface area contributed by atoms with Gasteiger partial charge in [-0.25, -0.2) is 0 Å². The van der Waals surface area contributed by atoms with E-state index in [-0.39, 0.29) is 36.5 Å². The molecule has 1 aromatic rings. The number of carbonyl (C=O) groups excluding carboxylic acids is 1. The summed E-state index contributed by atoms with van der Waals surface area (Å²) in [5.74, 6) is -0.453. The average molecular weight is 280 g/mol. The zero-order chi connectivity index (χ0) is 14.3. The van der Waals surface area contributed by atoms with Gasteiger partial charge >= 0.3 is 0 Å². The standard InChI is InChI=1S/C13H16N2O5/c1-15-4-2-3-7(13(15)18)12(17)14-8-5-19-11-9(16)6-20-10(8)11/h2-4,8-11,16H,5-6H2,1H3,(H,14,17)/t8-,9+,10+,11+/m0/s1. The maximum Gasteiger partial charge on any atom is 0.263 e. The van der Waals surface area contributed by atoms with Crippen molar-refractivity contribution in [3.8, 4) is 0 Å². The molecule has 0 radical (unpaired) electrons. The van der Waals surface area contributed by atoms with E-state index in [2.05, 4.69) is 5.32 Å². The molecule has 0 bridgehead atoms. The van der Waals surface area contributed by atoms with E-state index in [9.17, 15) is 14.7 Å². The molecule has 3 rings (SSSR count). The number of ether oxygens (including phenoxy) is 2. The highest BCUT2D eigenvalue weighted by atomic mass is 16.6. The first-order valence-corrected chi connectivity index (χ1v) is 6.45. The number of aromatic nitrogens is 1. The number of pyridine rings is 1. The summed E-state index contributed by atoms with van der Waals surface area (Å²) in [5, 5.41) is 12.4. The molecule has 1 aromatic heterocycles. The second-order valence-corrected chi connectivity index (χ2v) is 5.08. The minimum absolute atomic E-state index is 0.0806. The highest BCUT2D eigenvalue weighted by molar-refractivity contribution is 5.94. The van der Waals surface area contributed by atoms with Gasteiger partial charge in [0, 0.05) is 13.2 Å². The Kier molecular flexibility index (Phi) is 3.33. The van der Waals surface area contributed by atoms with Crippen molar-refractivity contribution in [1.82, 2.24) is 9.88 Å². The van der Waals surface area contributed by atoms with Crippen LogP contribution in [0.2, 0.25) is 0 Å². The number of nitrogens with one attached hydrogen (secondary N) is 1. The van der Waals surface area contributed by atoms with E-state index in [0.717, 1.165) is 0 Å². The van der Waals surface area contributed by atoms with E-state index >= 15 is 0 Å². The van der Waals surface area contributed by atoms with Crippen molar-refractivity contribution >= 4 is 5.91 Å². The molecule has 1 amide bonds. The van der Waals surface area contributed by atoms with E-state index in [1.54, 1.807) is 19.3 Å². The van der Waals surface area contributed by atoms with Crippen LogP contribution in [-0.4, -0.2) is 53.1 Å². The molecule has 0 unspecified atom stereocenters. The smallest absolute Gasteiger partial charge is 0.263 e. The molecular formula is C13H16N2O5.